The Morgan fingerprint density at radius 1 is 0.950 bits per heavy atom. The van der Waals surface area contributed by atoms with Gasteiger partial charge in [0, 0.05) is 10.0 Å². The molecule has 20 heavy (non-hydrogen) atoms. The molecule has 0 saturated heterocycles. The lowest BCUT2D eigenvalue weighted by molar-refractivity contribution is 1.03. The Bertz CT molecular complexity index is 608. The van der Waals surface area contributed by atoms with E-state index >= 15 is 0 Å². The maximum absolute atomic E-state index is 6.33. The second kappa shape index (κ2) is 6.98. The first-order valence-electron chi connectivity index (χ1n) is 6.77. The molecule has 0 nitrogen and oxygen atoms in total. The Morgan fingerprint density at radius 2 is 1.70 bits per heavy atom. The molecule has 0 bridgehead atoms. The maximum Gasteiger partial charge on any atom is 0.0661 e. The molecule has 2 aromatic carbocycles. The third kappa shape index (κ3) is 3.39. The molecule has 2 rings (SSSR count). The van der Waals surface area contributed by atoms with Gasteiger partial charge >= 0.3 is 0 Å². The van der Waals surface area contributed by atoms with Crippen molar-refractivity contribution in [2.24, 2.45) is 0 Å². The van der Waals surface area contributed by atoms with Crippen LogP contribution in [-0.2, 0) is 12.8 Å². The normalized spacial score (nSPS) is 12.4. The zero-order valence-electron chi connectivity index (χ0n) is 11.6. The third-order valence-electron chi connectivity index (χ3n) is 3.51. The highest BCUT2D eigenvalue weighted by Crippen LogP contribution is 2.38. The topological polar surface area (TPSA) is 0 Å². The second-order valence-corrected chi connectivity index (χ2v) is 6.53. The molecular weight excluding hydrogens is 355 g/mol. The standard InChI is InChI=1S/C17H17BrCl2/c1-3-11-5-6-12(4-2)15(9-11)17(18)14-8-7-13(19)10-16(14)20/h5-10,17H,3-4H2,1-2H3. The van der Waals surface area contributed by atoms with Gasteiger partial charge < -0.3 is 0 Å². The fraction of sp³-hybridized carbons (Fsp3) is 0.294. The van der Waals surface area contributed by atoms with Gasteiger partial charge in [0.25, 0.3) is 0 Å². The van der Waals surface area contributed by atoms with Crippen LogP contribution in [0.25, 0.3) is 0 Å². The number of hydrogen-bond donors (Lipinski definition) is 0. The zero-order valence-corrected chi connectivity index (χ0v) is 14.7. The summed E-state index contributed by atoms with van der Waals surface area (Å²) in [5.41, 5.74) is 5.02. The monoisotopic (exact) mass is 370 g/mol. The van der Waals surface area contributed by atoms with E-state index in [9.17, 15) is 0 Å². The van der Waals surface area contributed by atoms with Crippen LogP contribution >= 0.6 is 39.1 Å². The van der Waals surface area contributed by atoms with E-state index in [0.29, 0.717) is 10.0 Å². The van der Waals surface area contributed by atoms with Crippen molar-refractivity contribution in [3.05, 3.63) is 68.7 Å². The van der Waals surface area contributed by atoms with E-state index in [1.165, 1.54) is 16.7 Å². The molecule has 0 saturated carbocycles. The molecule has 0 radical (unpaired) electrons. The zero-order chi connectivity index (χ0) is 14.7. The highest BCUT2D eigenvalue weighted by Gasteiger charge is 2.17. The summed E-state index contributed by atoms with van der Waals surface area (Å²) in [4.78, 5) is 0.0914. The van der Waals surface area contributed by atoms with Crippen molar-refractivity contribution in [3.8, 4) is 0 Å². The van der Waals surface area contributed by atoms with Crippen molar-refractivity contribution in [2.45, 2.75) is 31.5 Å². The Labute approximate surface area is 139 Å². The summed E-state index contributed by atoms with van der Waals surface area (Å²) < 4.78 is 0. The minimum absolute atomic E-state index is 0.0914. The highest BCUT2D eigenvalue weighted by atomic mass is 79.9. The number of benzene rings is 2. The van der Waals surface area contributed by atoms with Gasteiger partial charge in [0.05, 0.1) is 4.83 Å². The largest absolute Gasteiger partial charge is 0.0843 e. The molecule has 1 unspecified atom stereocenters. The van der Waals surface area contributed by atoms with E-state index in [1.807, 2.05) is 12.1 Å². The maximum atomic E-state index is 6.33. The number of aryl methyl sites for hydroxylation is 2. The molecule has 0 aliphatic heterocycles. The second-order valence-electron chi connectivity index (χ2n) is 4.77. The first-order valence-corrected chi connectivity index (χ1v) is 8.44. The highest BCUT2D eigenvalue weighted by molar-refractivity contribution is 9.09. The summed E-state index contributed by atoms with van der Waals surface area (Å²) in [6.45, 7) is 4.34. The molecule has 0 aromatic heterocycles. The summed E-state index contributed by atoms with van der Waals surface area (Å²) in [6.07, 6.45) is 2.04. The molecule has 0 spiro atoms. The van der Waals surface area contributed by atoms with Crippen molar-refractivity contribution >= 4 is 39.1 Å². The van der Waals surface area contributed by atoms with Gasteiger partial charge in [-0.25, -0.2) is 0 Å². The molecule has 2 aromatic rings. The SMILES string of the molecule is CCc1ccc(CC)c(C(Br)c2ccc(Cl)cc2Cl)c1. The lowest BCUT2D eigenvalue weighted by Gasteiger charge is -2.17. The van der Waals surface area contributed by atoms with Gasteiger partial charge in [0.2, 0.25) is 0 Å². The number of halogens is 3. The minimum Gasteiger partial charge on any atom is -0.0843 e. The van der Waals surface area contributed by atoms with Crippen molar-refractivity contribution < 1.29 is 0 Å². The molecule has 0 fully saturated rings. The molecule has 0 aliphatic rings. The molecule has 106 valence electrons. The van der Waals surface area contributed by atoms with Gasteiger partial charge in [-0.3, -0.25) is 0 Å². The Balaban J connectivity index is 2.48. The molecule has 3 heteroatoms. The predicted octanol–water partition coefficient (Wildman–Crippen LogP) is 6.60. The molecule has 0 amide bonds. The van der Waals surface area contributed by atoms with Crippen LogP contribution in [0.15, 0.2) is 36.4 Å². The smallest absolute Gasteiger partial charge is 0.0661 e. The lowest BCUT2D eigenvalue weighted by atomic mass is 9.95. The van der Waals surface area contributed by atoms with Crippen molar-refractivity contribution in [2.75, 3.05) is 0 Å². The van der Waals surface area contributed by atoms with Crippen molar-refractivity contribution in [1.82, 2.24) is 0 Å². The van der Waals surface area contributed by atoms with Crippen LogP contribution in [0.5, 0.6) is 0 Å². The van der Waals surface area contributed by atoms with E-state index in [2.05, 4.69) is 48.0 Å². The van der Waals surface area contributed by atoms with Crippen LogP contribution < -0.4 is 0 Å². The van der Waals surface area contributed by atoms with Crippen LogP contribution in [0.2, 0.25) is 10.0 Å². The van der Waals surface area contributed by atoms with E-state index in [-0.39, 0.29) is 4.83 Å². The number of alkyl halides is 1. The Hall–Kier alpha value is -0.500. The van der Waals surface area contributed by atoms with Crippen molar-refractivity contribution in [1.29, 1.82) is 0 Å². The van der Waals surface area contributed by atoms with Gasteiger partial charge in [-0.05, 0) is 47.2 Å². The Morgan fingerprint density at radius 3 is 2.30 bits per heavy atom. The first kappa shape index (κ1) is 15.9. The molecule has 1 atom stereocenters. The molecule has 0 N–H and O–H groups in total. The summed E-state index contributed by atoms with van der Waals surface area (Å²) in [7, 11) is 0. The van der Waals surface area contributed by atoms with Crippen LogP contribution in [-0.4, -0.2) is 0 Å². The fourth-order valence-corrected chi connectivity index (χ4v) is 3.77. The molecule has 0 heterocycles. The van der Waals surface area contributed by atoms with Crippen molar-refractivity contribution in [3.63, 3.8) is 0 Å². The minimum atomic E-state index is 0.0914. The van der Waals surface area contributed by atoms with E-state index in [1.54, 1.807) is 6.07 Å². The van der Waals surface area contributed by atoms with Crippen LogP contribution in [0.4, 0.5) is 0 Å². The van der Waals surface area contributed by atoms with E-state index < -0.39 is 0 Å². The summed E-state index contributed by atoms with van der Waals surface area (Å²) in [5.74, 6) is 0. The van der Waals surface area contributed by atoms with E-state index in [0.717, 1.165) is 18.4 Å². The van der Waals surface area contributed by atoms with Crippen LogP contribution in [0, 0.1) is 0 Å². The molecule has 0 aliphatic carbocycles. The average molecular weight is 372 g/mol. The Kier molecular flexibility index (Phi) is 5.54. The van der Waals surface area contributed by atoms with Gasteiger partial charge in [-0.2, -0.15) is 0 Å². The number of rotatable bonds is 4. The fourth-order valence-electron chi connectivity index (χ4n) is 2.30. The van der Waals surface area contributed by atoms with Crippen LogP contribution in [0.3, 0.4) is 0 Å². The van der Waals surface area contributed by atoms with Gasteiger partial charge in [0.15, 0.2) is 0 Å². The first-order chi connectivity index (χ1) is 9.56. The lowest BCUT2D eigenvalue weighted by Crippen LogP contribution is -2.00. The van der Waals surface area contributed by atoms with Gasteiger partial charge in [-0.15, -0.1) is 0 Å². The third-order valence-corrected chi connectivity index (χ3v) is 5.06. The summed E-state index contributed by atoms with van der Waals surface area (Å²) in [5, 5.41) is 1.36. The van der Waals surface area contributed by atoms with Crippen LogP contribution in [0.1, 0.15) is 40.9 Å². The summed E-state index contributed by atoms with van der Waals surface area (Å²) in [6, 6.07) is 12.3. The quantitative estimate of drug-likeness (QED) is 0.531. The predicted molar refractivity (Wildman–Crippen MR) is 92.4 cm³/mol. The van der Waals surface area contributed by atoms with E-state index in [4.69, 9.17) is 23.2 Å². The molecular formula is C17H17BrCl2. The average Bonchev–Trinajstić information content (AvgIpc) is 2.46. The summed E-state index contributed by atoms with van der Waals surface area (Å²) >= 11 is 16.1. The van der Waals surface area contributed by atoms with Gasteiger partial charge in [-0.1, -0.05) is 77.2 Å². The number of hydrogen-bond acceptors (Lipinski definition) is 0. The van der Waals surface area contributed by atoms with Gasteiger partial charge in [0.1, 0.15) is 0 Å².